The van der Waals surface area contributed by atoms with Crippen LogP contribution in [0.25, 0.3) is 5.57 Å². The number of nitrogens with zero attached hydrogens (tertiary/aromatic N) is 2. The Balaban J connectivity index is 1.65. The van der Waals surface area contributed by atoms with Crippen LogP contribution < -0.4 is 5.32 Å². The van der Waals surface area contributed by atoms with Crippen LogP contribution in [0.4, 0.5) is 5.69 Å². The maximum Gasteiger partial charge on any atom is 0.277 e. The number of carbonyl (C=O) groups is 3. The molecule has 4 rings (SSSR count). The first-order chi connectivity index (χ1) is 15.4. The van der Waals surface area contributed by atoms with Crippen LogP contribution in [-0.4, -0.2) is 47.2 Å². The monoisotopic (exact) mass is 431 g/mol. The van der Waals surface area contributed by atoms with E-state index in [4.69, 9.17) is 0 Å². The summed E-state index contributed by atoms with van der Waals surface area (Å²) in [6.45, 7) is 5.54. The summed E-state index contributed by atoms with van der Waals surface area (Å²) in [5, 5.41) is 2.74. The lowest BCUT2D eigenvalue weighted by Gasteiger charge is -2.33. The number of likely N-dealkylation sites (tertiary alicyclic amines) is 1. The molecule has 6 nitrogen and oxygen atoms in total. The van der Waals surface area contributed by atoms with Crippen molar-refractivity contribution in [1.82, 2.24) is 9.80 Å². The first kappa shape index (κ1) is 21.8. The quantitative estimate of drug-likeness (QED) is 0.708. The summed E-state index contributed by atoms with van der Waals surface area (Å²) in [7, 11) is 0. The molecule has 2 aromatic carbocycles. The molecule has 0 saturated carbocycles. The molecule has 2 heterocycles. The molecule has 3 amide bonds. The van der Waals surface area contributed by atoms with E-state index in [0.29, 0.717) is 41.4 Å². The number of piperidine rings is 1. The van der Waals surface area contributed by atoms with Gasteiger partial charge >= 0.3 is 0 Å². The number of hydrogen-bond acceptors (Lipinski definition) is 4. The van der Waals surface area contributed by atoms with Crippen molar-refractivity contribution in [3.8, 4) is 0 Å². The van der Waals surface area contributed by atoms with E-state index in [1.165, 1.54) is 11.8 Å². The molecule has 1 fully saturated rings. The summed E-state index contributed by atoms with van der Waals surface area (Å²) in [4.78, 5) is 41.8. The van der Waals surface area contributed by atoms with Crippen LogP contribution in [0.15, 0.2) is 60.3 Å². The minimum absolute atomic E-state index is 0.154. The molecule has 1 saturated heterocycles. The molecule has 2 aromatic rings. The smallest absolute Gasteiger partial charge is 0.277 e. The molecule has 1 N–H and O–H groups in total. The van der Waals surface area contributed by atoms with E-state index in [2.05, 4.69) is 17.1 Å². The van der Waals surface area contributed by atoms with Crippen LogP contribution in [-0.2, 0) is 20.8 Å². The lowest BCUT2D eigenvalue weighted by Crippen LogP contribution is -2.39. The van der Waals surface area contributed by atoms with Gasteiger partial charge in [-0.2, -0.15) is 0 Å². The number of benzene rings is 2. The van der Waals surface area contributed by atoms with Crippen molar-refractivity contribution in [2.45, 2.75) is 33.1 Å². The fourth-order valence-corrected chi connectivity index (χ4v) is 4.52. The predicted molar refractivity (Wildman–Crippen MR) is 125 cm³/mol. The largest absolute Gasteiger partial charge is 0.366 e. The number of hydrogen-bond donors (Lipinski definition) is 1. The van der Waals surface area contributed by atoms with E-state index in [0.717, 1.165) is 31.5 Å². The van der Waals surface area contributed by atoms with Gasteiger partial charge in [0.15, 0.2) is 0 Å². The fourth-order valence-electron chi connectivity index (χ4n) is 4.52. The van der Waals surface area contributed by atoms with Crippen LogP contribution in [0.2, 0.25) is 0 Å². The average Bonchev–Trinajstić information content (AvgIpc) is 3.03. The number of carbonyl (C=O) groups excluding carboxylic acids is 3. The summed E-state index contributed by atoms with van der Waals surface area (Å²) in [6, 6.07) is 17.0. The Hall–Kier alpha value is -3.41. The molecule has 32 heavy (non-hydrogen) atoms. The van der Waals surface area contributed by atoms with Crippen molar-refractivity contribution < 1.29 is 14.4 Å². The molecule has 0 aliphatic carbocycles. The second-order valence-corrected chi connectivity index (χ2v) is 8.67. The Morgan fingerprint density at radius 3 is 2.41 bits per heavy atom. The van der Waals surface area contributed by atoms with E-state index in [1.54, 1.807) is 24.3 Å². The van der Waals surface area contributed by atoms with Crippen LogP contribution in [0.1, 0.15) is 37.8 Å². The summed E-state index contributed by atoms with van der Waals surface area (Å²) >= 11 is 0. The van der Waals surface area contributed by atoms with Crippen LogP contribution in [0.5, 0.6) is 0 Å². The van der Waals surface area contributed by atoms with Gasteiger partial charge in [-0.15, -0.1) is 0 Å². The Kier molecular flexibility index (Phi) is 6.40. The van der Waals surface area contributed by atoms with E-state index in [-0.39, 0.29) is 17.7 Å². The number of amides is 3. The summed E-state index contributed by atoms with van der Waals surface area (Å²) in [5.74, 6) is -0.132. The first-order valence-corrected chi connectivity index (χ1v) is 11.2. The zero-order chi connectivity index (χ0) is 22.7. The van der Waals surface area contributed by atoms with Gasteiger partial charge in [-0.05, 0) is 48.4 Å². The summed E-state index contributed by atoms with van der Waals surface area (Å²) < 4.78 is 0. The van der Waals surface area contributed by atoms with Crippen molar-refractivity contribution in [1.29, 1.82) is 0 Å². The highest BCUT2D eigenvalue weighted by Crippen LogP contribution is 2.34. The molecule has 0 spiro atoms. The zero-order valence-corrected chi connectivity index (χ0v) is 18.6. The van der Waals surface area contributed by atoms with Crippen molar-refractivity contribution >= 4 is 29.0 Å². The lowest BCUT2D eigenvalue weighted by molar-refractivity contribution is -0.137. The Bertz CT molecular complexity index is 1040. The number of rotatable bonds is 6. The lowest BCUT2D eigenvalue weighted by atomic mass is 9.97. The van der Waals surface area contributed by atoms with E-state index in [1.807, 2.05) is 30.3 Å². The predicted octanol–water partition coefficient (Wildman–Crippen LogP) is 3.70. The molecule has 0 radical (unpaired) electrons. The average molecular weight is 432 g/mol. The van der Waals surface area contributed by atoms with Gasteiger partial charge in [0, 0.05) is 32.2 Å². The van der Waals surface area contributed by atoms with E-state index < -0.39 is 0 Å². The maximum atomic E-state index is 13.5. The van der Waals surface area contributed by atoms with Gasteiger partial charge in [0.05, 0.1) is 5.57 Å². The molecule has 2 aliphatic rings. The third-order valence-electron chi connectivity index (χ3n) is 6.08. The highest BCUT2D eigenvalue weighted by Gasteiger charge is 2.41. The topological polar surface area (TPSA) is 69.7 Å². The standard InChI is InChI=1S/C26H29N3O3/c1-18-7-6-15-28(17-18)24-23(21-10-12-22(13-11-21)27-19(2)30)25(31)29(26(24)32)16-14-20-8-4-3-5-9-20/h3-5,8-13,18H,6-7,14-17H2,1-2H3,(H,27,30). The highest BCUT2D eigenvalue weighted by molar-refractivity contribution is 6.35. The van der Waals surface area contributed by atoms with Gasteiger partial charge in [0.2, 0.25) is 5.91 Å². The van der Waals surface area contributed by atoms with Crippen LogP contribution >= 0.6 is 0 Å². The van der Waals surface area contributed by atoms with Gasteiger partial charge in [0.25, 0.3) is 11.8 Å². The first-order valence-electron chi connectivity index (χ1n) is 11.2. The third kappa shape index (κ3) is 4.59. The molecule has 0 aromatic heterocycles. The van der Waals surface area contributed by atoms with Crippen molar-refractivity contribution in [2.75, 3.05) is 25.0 Å². The van der Waals surface area contributed by atoms with Gasteiger partial charge in [-0.3, -0.25) is 19.3 Å². The van der Waals surface area contributed by atoms with E-state index in [9.17, 15) is 14.4 Å². The SMILES string of the molecule is CC(=O)Nc1ccc(C2=C(N3CCCC(C)C3)C(=O)N(CCc3ccccc3)C2=O)cc1. The van der Waals surface area contributed by atoms with E-state index >= 15 is 0 Å². The Morgan fingerprint density at radius 2 is 1.75 bits per heavy atom. The Morgan fingerprint density at radius 1 is 1.03 bits per heavy atom. The van der Waals surface area contributed by atoms with Gasteiger partial charge < -0.3 is 10.2 Å². The highest BCUT2D eigenvalue weighted by atomic mass is 16.2. The van der Waals surface area contributed by atoms with Gasteiger partial charge in [0.1, 0.15) is 5.70 Å². The van der Waals surface area contributed by atoms with Crippen molar-refractivity contribution in [2.24, 2.45) is 5.92 Å². The molecule has 166 valence electrons. The summed E-state index contributed by atoms with van der Waals surface area (Å²) in [6.07, 6.45) is 2.76. The molecule has 2 aliphatic heterocycles. The minimum Gasteiger partial charge on any atom is -0.366 e. The second kappa shape index (κ2) is 9.39. The van der Waals surface area contributed by atoms with Gasteiger partial charge in [-0.25, -0.2) is 0 Å². The number of anilines is 1. The Labute approximate surface area is 188 Å². The molecule has 6 heteroatoms. The fraction of sp³-hybridized carbons (Fsp3) is 0.346. The van der Waals surface area contributed by atoms with Crippen LogP contribution in [0, 0.1) is 5.92 Å². The number of imide groups is 1. The van der Waals surface area contributed by atoms with Gasteiger partial charge in [-0.1, -0.05) is 49.4 Å². The normalized spacial score (nSPS) is 19.0. The van der Waals surface area contributed by atoms with Crippen molar-refractivity contribution in [3.63, 3.8) is 0 Å². The van der Waals surface area contributed by atoms with Crippen molar-refractivity contribution in [3.05, 3.63) is 71.4 Å². The molecular formula is C26H29N3O3. The third-order valence-corrected chi connectivity index (χ3v) is 6.08. The summed E-state index contributed by atoms with van der Waals surface area (Å²) in [5.41, 5.74) is 3.43. The van der Waals surface area contributed by atoms with Crippen LogP contribution in [0.3, 0.4) is 0 Å². The second-order valence-electron chi connectivity index (χ2n) is 8.67. The zero-order valence-electron chi connectivity index (χ0n) is 18.6. The molecule has 1 atom stereocenters. The number of nitrogens with one attached hydrogen (secondary N) is 1. The molecule has 0 bridgehead atoms. The minimum atomic E-state index is -0.244. The molecule has 1 unspecified atom stereocenters. The maximum absolute atomic E-state index is 13.5. The molecular weight excluding hydrogens is 402 g/mol.